The molecule has 5 heteroatoms. The van der Waals surface area contributed by atoms with Crippen molar-refractivity contribution in [1.82, 2.24) is 10.2 Å². The summed E-state index contributed by atoms with van der Waals surface area (Å²) in [4.78, 5) is 13.4. The summed E-state index contributed by atoms with van der Waals surface area (Å²) >= 11 is 0. The number of amides is 1. The Morgan fingerprint density at radius 1 is 1.65 bits per heavy atom. The van der Waals surface area contributed by atoms with Crippen molar-refractivity contribution < 1.29 is 9.53 Å². The van der Waals surface area contributed by atoms with E-state index >= 15 is 0 Å². The maximum Gasteiger partial charge on any atom is 0.235 e. The van der Waals surface area contributed by atoms with Crippen LogP contribution < -0.4 is 11.1 Å². The van der Waals surface area contributed by atoms with Gasteiger partial charge in [0, 0.05) is 19.7 Å². The molecule has 1 aliphatic rings. The van der Waals surface area contributed by atoms with Crippen molar-refractivity contribution in [2.45, 2.75) is 38.3 Å². The Hall–Kier alpha value is -0.650. The van der Waals surface area contributed by atoms with Crippen LogP contribution in [0.25, 0.3) is 0 Å². The van der Waals surface area contributed by atoms with E-state index in [4.69, 9.17) is 10.5 Å². The SMILES string of the molecule is CCCOC1CCCN(CC(NC)C(N)=O)C1. The van der Waals surface area contributed by atoms with E-state index in [0.29, 0.717) is 12.6 Å². The fourth-order valence-electron chi connectivity index (χ4n) is 2.18. The molecular weight excluding hydrogens is 218 g/mol. The lowest BCUT2D eigenvalue weighted by molar-refractivity contribution is -0.120. The lowest BCUT2D eigenvalue weighted by atomic mass is 10.1. The van der Waals surface area contributed by atoms with Gasteiger partial charge in [-0.1, -0.05) is 6.92 Å². The van der Waals surface area contributed by atoms with Crippen LogP contribution in [0.2, 0.25) is 0 Å². The summed E-state index contributed by atoms with van der Waals surface area (Å²) < 4.78 is 5.76. The van der Waals surface area contributed by atoms with E-state index in [2.05, 4.69) is 17.1 Å². The normalized spacial score (nSPS) is 23.5. The molecule has 0 radical (unpaired) electrons. The molecule has 2 unspecified atom stereocenters. The zero-order valence-electron chi connectivity index (χ0n) is 10.9. The summed E-state index contributed by atoms with van der Waals surface area (Å²) in [7, 11) is 1.77. The van der Waals surface area contributed by atoms with Crippen LogP contribution in [0.5, 0.6) is 0 Å². The predicted octanol–water partition coefficient (Wildman–Crippen LogP) is -0.0493. The number of ether oxygens (including phenoxy) is 1. The van der Waals surface area contributed by atoms with Crippen LogP contribution in [0.15, 0.2) is 0 Å². The second kappa shape index (κ2) is 7.63. The number of carbonyl (C=O) groups excluding carboxylic acids is 1. The molecule has 0 aromatic rings. The molecule has 0 aliphatic carbocycles. The van der Waals surface area contributed by atoms with Crippen LogP contribution >= 0.6 is 0 Å². The van der Waals surface area contributed by atoms with Crippen LogP contribution in [-0.2, 0) is 9.53 Å². The zero-order chi connectivity index (χ0) is 12.7. The van der Waals surface area contributed by atoms with Crippen LogP contribution in [0.4, 0.5) is 0 Å². The van der Waals surface area contributed by atoms with Crippen molar-refractivity contribution in [2.75, 3.05) is 33.3 Å². The standard InChI is InChI=1S/C12H25N3O2/c1-3-7-17-10-5-4-6-15(8-10)9-11(14-2)12(13)16/h10-11,14H,3-9H2,1-2H3,(H2,13,16). The summed E-state index contributed by atoms with van der Waals surface area (Å²) in [5, 5.41) is 2.95. The summed E-state index contributed by atoms with van der Waals surface area (Å²) in [5.74, 6) is -0.288. The Kier molecular flexibility index (Phi) is 6.47. The van der Waals surface area contributed by atoms with Gasteiger partial charge in [0.05, 0.1) is 12.1 Å². The van der Waals surface area contributed by atoms with Gasteiger partial charge in [0.2, 0.25) is 5.91 Å². The minimum absolute atomic E-state index is 0.264. The van der Waals surface area contributed by atoms with Crippen LogP contribution in [0, 0.1) is 0 Å². The van der Waals surface area contributed by atoms with Crippen molar-refractivity contribution in [1.29, 1.82) is 0 Å². The first-order valence-corrected chi connectivity index (χ1v) is 6.48. The second-order valence-corrected chi connectivity index (χ2v) is 4.64. The number of hydrogen-bond acceptors (Lipinski definition) is 4. The second-order valence-electron chi connectivity index (χ2n) is 4.64. The summed E-state index contributed by atoms with van der Waals surface area (Å²) in [6, 6.07) is -0.264. The smallest absolute Gasteiger partial charge is 0.235 e. The maximum atomic E-state index is 11.2. The van der Waals surface area contributed by atoms with Gasteiger partial charge in [-0.15, -0.1) is 0 Å². The van der Waals surface area contributed by atoms with Crippen LogP contribution in [0.1, 0.15) is 26.2 Å². The molecule has 0 bridgehead atoms. The zero-order valence-corrected chi connectivity index (χ0v) is 10.9. The van der Waals surface area contributed by atoms with Crippen molar-refractivity contribution in [2.24, 2.45) is 5.73 Å². The van der Waals surface area contributed by atoms with Crippen LogP contribution in [-0.4, -0.2) is 56.2 Å². The maximum absolute atomic E-state index is 11.2. The van der Waals surface area contributed by atoms with Crippen LogP contribution in [0.3, 0.4) is 0 Å². The molecule has 1 rings (SSSR count). The Balaban J connectivity index is 2.35. The molecule has 0 aromatic carbocycles. The average Bonchev–Trinajstić information content (AvgIpc) is 2.33. The first-order chi connectivity index (χ1) is 8.17. The first-order valence-electron chi connectivity index (χ1n) is 6.48. The summed E-state index contributed by atoms with van der Waals surface area (Å²) in [5.41, 5.74) is 5.32. The number of likely N-dealkylation sites (tertiary alicyclic amines) is 1. The topological polar surface area (TPSA) is 67.6 Å². The molecule has 1 amide bonds. The number of nitrogens with one attached hydrogen (secondary N) is 1. The number of likely N-dealkylation sites (N-methyl/N-ethyl adjacent to an activating group) is 1. The van der Waals surface area contributed by atoms with E-state index in [-0.39, 0.29) is 11.9 Å². The largest absolute Gasteiger partial charge is 0.377 e. The highest BCUT2D eigenvalue weighted by atomic mass is 16.5. The Labute approximate surface area is 104 Å². The fraction of sp³-hybridized carbons (Fsp3) is 0.917. The number of piperidine rings is 1. The number of rotatable bonds is 7. The molecule has 1 fully saturated rings. The molecule has 2 atom stereocenters. The Morgan fingerprint density at radius 3 is 3.00 bits per heavy atom. The molecule has 17 heavy (non-hydrogen) atoms. The van der Waals surface area contributed by atoms with Gasteiger partial charge in [-0.2, -0.15) is 0 Å². The molecule has 0 saturated carbocycles. The van der Waals surface area contributed by atoms with Gasteiger partial charge in [-0.25, -0.2) is 0 Å². The third kappa shape index (κ3) is 5.02. The van der Waals surface area contributed by atoms with Crippen molar-refractivity contribution in [3.05, 3.63) is 0 Å². The van der Waals surface area contributed by atoms with Gasteiger partial charge in [-0.3, -0.25) is 9.69 Å². The predicted molar refractivity (Wildman–Crippen MR) is 67.7 cm³/mol. The van der Waals surface area contributed by atoms with Gasteiger partial charge in [0.25, 0.3) is 0 Å². The highest BCUT2D eigenvalue weighted by Gasteiger charge is 2.24. The third-order valence-electron chi connectivity index (χ3n) is 3.15. The van der Waals surface area contributed by atoms with Gasteiger partial charge < -0.3 is 15.8 Å². The van der Waals surface area contributed by atoms with Crippen molar-refractivity contribution in [3.8, 4) is 0 Å². The Bertz CT molecular complexity index is 236. The van der Waals surface area contributed by atoms with Crippen molar-refractivity contribution in [3.63, 3.8) is 0 Å². The monoisotopic (exact) mass is 243 g/mol. The van der Waals surface area contributed by atoms with E-state index in [1.807, 2.05) is 0 Å². The molecule has 1 saturated heterocycles. The van der Waals surface area contributed by atoms with E-state index in [9.17, 15) is 4.79 Å². The van der Waals surface area contributed by atoms with E-state index in [1.165, 1.54) is 0 Å². The quantitative estimate of drug-likeness (QED) is 0.658. The number of nitrogens with two attached hydrogens (primary N) is 1. The Morgan fingerprint density at radius 2 is 2.41 bits per heavy atom. The van der Waals surface area contributed by atoms with E-state index in [0.717, 1.165) is 39.0 Å². The first kappa shape index (κ1) is 14.4. The minimum atomic E-state index is -0.288. The summed E-state index contributed by atoms with van der Waals surface area (Å²) in [6.45, 7) is 5.55. The van der Waals surface area contributed by atoms with Gasteiger partial charge in [0.1, 0.15) is 0 Å². The van der Waals surface area contributed by atoms with Gasteiger partial charge in [0.15, 0.2) is 0 Å². The van der Waals surface area contributed by atoms with Gasteiger partial charge in [-0.05, 0) is 32.9 Å². The van der Waals surface area contributed by atoms with E-state index < -0.39 is 0 Å². The van der Waals surface area contributed by atoms with Gasteiger partial charge >= 0.3 is 0 Å². The number of hydrogen-bond donors (Lipinski definition) is 2. The number of nitrogens with zero attached hydrogens (tertiary/aromatic N) is 1. The molecule has 1 aliphatic heterocycles. The minimum Gasteiger partial charge on any atom is -0.377 e. The highest BCUT2D eigenvalue weighted by molar-refractivity contribution is 5.80. The molecule has 5 nitrogen and oxygen atoms in total. The van der Waals surface area contributed by atoms with Crippen molar-refractivity contribution >= 4 is 5.91 Å². The lowest BCUT2D eigenvalue weighted by Gasteiger charge is -2.34. The molecule has 0 spiro atoms. The molecular formula is C12H25N3O2. The fourth-order valence-corrected chi connectivity index (χ4v) is 2.18. The lowest BCUT2D eigenvalue weighted by Crippen LogP contribution is -2.51. The number of primary amides is 1. The molecule has 3 N–H and O–H groups in total. The molecule has 0 aromatic heterocycles. The molecule has 1 heterocycles. The van der Waals surface area contributed by atoms with E-state index in [1.54, 1.807) is 7.05 Å². The number of carbonyl (C=O) groups is 1. The average molecular weight is 243 g/mol. The molecule has 100 valence electrons. The summed E-state index contributed by atoms with van der Waals surface area (Å²) in [6.07, 6.45) is 3.62. The highest BCUT2D eigenvalue weighted by Crippen LogP contribution is 2.13. The third-order valence-corrected chi connectivity index (χ3v) is 3.15.